The fourth-order valence-corrected chi connectivity index (χ4v) is 2.99. The first-order chi connectivity index (χ1) is 9.79. The molecular weight excluding hydrogens is 294 g/mol. The van der Waals surface area contributed by atoms with Gasteiger partial charge in [-0.25, -0.2) is 14.6 Å². The van der Waals surface area contributed by atoms with Gasteiger partial charge in [-0.05, 0) is 29.8 Å². The molecule has 0 unspecified atom stereocenters. The van der Waals surface area contributed by atoms with Crippen LogP contribution in [0.1, 0.15) is 5.56 Å². The summed E-state index contributed by atoms with van der Waals surface area (Å²) in [6.07, 6.45) is 0. The molecule has 7 heteroatoms. The number of benzene rings is 1. The molecule has 5 nitrogen and oxygen atoms in total. The van der Waals surface area contributed by atoms with Crippen LogP contribution >= 0.6 is 22.9 Å². The van der Waals surface area contributed by atoms with E-state index in [-0.39, 0.29) is 0 Å². The number of fused-ring (bicyclic) bond motifs is 2. The minimum absolute atomic E-state index is 0.443. The molecule has 0 amide bonds. The highest BCUT2D eigenvalue weighted by atomic mass is 35.5. The highest BCUT2D eigenvalue weighted by Crippen LogP contribution is 2.20. The quantitative estimate of drug-likeness (QED) is 0.534. The van der Waals surface area contributed by atoms with Crippen molar-refractivity contribution >= 4 is 44.3 Å². The third kappa shape index (κ3) is 1.93. The van der Waals surface area contributed by atoms with Crippen LogP contribution in [0.15, 0.2) is 35.8 Å². The average Bonchev–Trinajstić information content (AvgIpc) is 3.05. The number of hydrogen-bond donors (Lipinski definition) is 0. The lowest BCUT2D eigenvalue weighted by molar-refractivity contribution is 0.664. The molecule has 0 N–H and O–H groups in total. The number of rotatable bonds is 2. The van der Waals surface area contributed by atoms with Gasteiger partial charge in [0.05, 0.1) is 22.3 Å². The van der Waals surface area contributed by atoms with Gasteiger partial charge in [-0.15, -0.1) is 16.4 Å². The maximum Gasteiger partial charge on any atom is 0.180 e. The Kier molecular flexibility index (Phi) is 2.64. The zero-order valence-electron chi connectivity index (χ0n) is 10.2. The van der Waals surface area contributed by atoms with Crippen molar-refractivity contribution in [3.8, 4) is 0 Å². The van der Waals surface area contributed by atoms with E-state index in [2.05, 4.69) is 26.3 Å². The summed E-state index contributed by atoms with van der Waals surface area (Å²) >= 11 is 7.55. The number of pyridine rings is 1. The SMILES string of the molecule is Clc1ccc2nnn(Cc3ccc4ncsc4c3)c2n1. The van der Waals surface area contributed by atoms with E-state index in [1.165, 1.54) is 0 Å². The Morgan fingerprint density at radius 3 is 3.00 bits per heavy atom. The Balaban J connectivity index is 1.77. The van der Waals surface area contributed by atoms with E-state index < -0.39 is 0 Å². The van der Waals surface area contributed by atoms with Gasteiger partial charge in [-0.3, -0.25) is 0 Å². The number of aromatic nitrogens is 5. The van der Waals surface area contributed by atoms with Crippen LogP contribution in [0.5, 0.6) is 0 Å². The van der Waals surface area contributed by atoms with Gasteiger partial charge in [0.2, 0.25) is 0 Å². The van der Waals surface area contributed by atoms with Gasteiger partial charge in [0.25, 0.3) is 0 Å². The summed E-state index contributed by atoms with van der Waals surface area (Å²) in [5.41, 5.74) is 5.44. The third-order valence-electron chi connectivity index (χ3n) is 3.05. The predicted molar refractivity (Wildman–Crippen MR) is 79.1 cm³/mol. The van der Waals surface area contributed by atoms with Gasteiger partial charge in [-0.2, -0.15) is 0 Å². The van der Waals surface area contributed by atoms with E-state index in [9.17, 15) is 0 Å². The fourth-order valence-electron chi connectivity index (χ4n) is 2.11. The molecule has 0 saturated heterocycles. The largest absolute Gasteiger partial charge is 0.245 e. The Labute approximate surface area is 122 Å². The highest BCUT2D eigenvalue weighted by Gasteiger charge is 2.08. The van der Waals surface area contributed by atoms with Crippen molar-refractivity contribution in [1.82, 2.24) is 25.0 Å². The second kappa shape index (κ2) is 4.50. The van der Waals surface area contributed by atoms with Crippen molar-refractivity contribution in [2.75, 3.05) is 0 Å². The van der Waals surface area contributed by atoms with Gasteiger partial charge in [0.1, 0.15) is 10.7 Å². The van der Waals surface area contributed by atoms with Crippen molar-refractivity contribution in [3.63, 3.8) is 0 Å². The minimum Gasteiger partial charge on any atom is -0.245 e. The van der Waals surface area contributed by atoms with Gasteiger partial charge < -0.3 is 0 Å². The summed E-state index contributed by atoms with van der Waals surface area (Å²) in [6, 6.07) is 9.71. The molecule has 0 bridgehead atoms. The molecule has 20 heavy (non-hydrogen) atoms. The molecule has 0 saturated carbocycles. The van der Waals surface area contributed by atoms with Crippen LogP contribution in [0.25, 0.3) is 21.4 Å². The average molecular weight is 302 g/mol. The summed E-state index contributed by atoms with van der Waals surface area (Å²) in [6.45, 7) is 0.609. The number of nitrogens with zero attached hydrogens (tertiary/aromatic N) is 5. The molecule has 0 aliphatic rings. The Bertz CT molecular complexity index is 913. The van der Waals surface area contributed by atoms with Gasteiger partial charge in [0, 0.05) is 0 Å². The van der Waals surface area contributed by atoms with E-state index in [4.69, 9.17) is 11.6 Å². The second-order valence-corrected chi connectivity index (χ2v) is 5.65. The van der Waals surface area contributed by atoms with Crippen LogP contribution in [0.4, 0.5) is 0 Å². The molecular formula is C13H8ClN5S. The molecule has 0 radical (unpaired) electrons. The predicted octanol–water partition coefficient (Wildman–Crippen LogP) is 3.14. The molecule has 0 aliphatic heterocycles. The maximum atomic E-state index is 5.93. The lowest BCUT2D eigenvalue weighted by Crippen LogP contribution is -2.02. The van der Waals surface area contributed by atoms with Gasteiger partial charge in [0.15, 0.2) is 5.65 Å². The first kappa shape index (κ1) is 11.7. The molecule has 3 aromatic heterocycles. The molecule has 4 aromatic rings. The molecule has 3 heterocycles. The van der Waals surface area contributed by atoms with Crippen LogP contribution < -0.4 is 0 Å². The standard InChI is InChI=1S/C13H8ClN5S/c14-12-4-3-10-13(16-12)19(18-17-10)6-8-1-2-9-11(5-8)20-7-15-9/h1-5,7H,6H2. The fraction of sp³-hybridized carbons (Fsp3) is 0.0769. The van der Waals surface area contributed by atoms with Crippen LogP contribution in [0, 0.1) is 0 Å². The van der Waals surface area contributed by atoms with Crippen molar-refractivity contribution in [3.05, 3.63) is 46.6 Å². The molecule has 98 valence electrons. The Morgan fingerprint density at radius 2 is 2.05 bits per heavy atom. The number of thiazole rings is 1. The summed E-state index contributed by atoms with van der Waals surface area (Å²) < 4.78 is 2.92. The summed E-state index contributed by atoms with van der Waals surface area (Å²) in [7, 11) is 0. The van der Waals surface area contributed by atoms with Crippen LogP contribution in [-0.2, 0) is 6.54 Å². The molecule has 4 rings (SSSR count). The topological polar surface area (TPSA) is 56.5 Å². The number of halogens is 1. The van der Waals surface area contributed by atoms with Crippen LogP contribution in [0.3, 0.4) is 0 Å². The van der Waals surface area contributed by atoms with Crippen molar-refractivity contribution < 1.29 is 0 Å². The summed E-state index contributed by atoms with van der Waals surface area (Å²) in [5, 5.41) is 8.67. The summed E-state index contributed by atoms with van der Waals surface area (Å²) in [5.74, 6) is 0. The van der Waals surface area contributed by atoms with Gasteiger partial charge >= 0.3 is 0 Å². The van der Waals surface area contributed by atoms with Crippen molar-refractivity contribution in [1.29, 1.82) is 0 Å². The van der Waals surface area contributed by atoms with Gasteiger partial charge in [-0.1, -0.05) is 22.9 Å². The smallest absolute Gasteiger partial charge is 0.180 e. The highest BCUT2D eigenvalue weighted by molar-refractivity contribution is 7.16. The molecule has 0 spiro atoms. The summed E-state index contributed by atoms with van der Waals surface area (Å²) in [4.78, 5) is 8.55. The van der Waals surface area contributed by atoms with E-state index >= 15 is 0 Å². The van der Waals surface area contributed by atoms with Crippen molar-refractivity contribution in [2.24, 2.45) is 0 Å². The molecule has 0 atom stereocenters. The lowest BCUT2D eigenvalue weighted by atomic mass is 10.2. The molecule has 1 aromatic carbocycles. The van der Waals surface area contributed by atoms with E-state index in [1.807, 2.05) is 23.7 Å². The maximum absolute atomic E-state index is 5.93. The second-order valence-electron chi connectivity index (χ2n) is 4.38. The molecule has 0 fully saturated rings. The van der Waals surface area contributed by atoms with E-state index in [0.717, 1.165) is 21.3 Å². The zero-order chi connectivity index (χ0) is 13.5. The van der Waals surface area contributed by atoms with E-state index in [1.54, 1.807) is 22.1 Å². The Hall–Kier alpha value is -2.05. The molecule has 0 aliphatic carbocycles. The first-order valence-electron chi connectivity index (χ1n) is 5.97. The van der Waals surface area contributed by atoms with Crippen LogP contribution in [-0.4, -0.2) is 25.0 Å². The number of hydrogen-bond acceptors (Lipinski definition) is 5. The monoisotopic (exact) mass is 301 g/mol. The zero-order valence-corrected chi connectivity index (χ0v) is 11.8. The Morgan fingerprint density at radius 1 is 1.15 bits per heavy atom. The van der Waals surface area contributed by atoms with E-state index in [0.29, 0.717) is 17.3 Å². The minimum atomic E-state index is 0.443. The van der Waals surface area contributed by atoms with Crippen LogP contribution in [0.2, 0.25) is 5.15 Å². The first-order valence-corrected chi connectivity index (χ1v) is 7.23. The normalized spacial score (nSPS) is 11.4. The lowest BCUT2D eigenvalue weighted by Gasteiger charge is -2.02. The third-order valence-corrected chi connectivity index (χ3v) is 4.06. The van der Waals surface area contributed by atoms with Crippen molar-refractivity contribution in [2.45, 2.75) is 6.54 Å².